The quantitative estimate of drug-likeness (QED) is 0.535. The predicted octanol–water partition coefficient (Wildman–Crippen LogP) is 2.27. The van der Waals surface area contributed by atoms with Crippen molar-refractivity contribution in [2.24, 2.45) is 5.84 Å². The normalized spacial score (nSPS) is 12.0. The van der Waals surface area contributed by atoms with E-state index in [1.807, 2.05) is 30.3 Å². The summed E-state index contributed by atoms with van der Waals surface area (Å²) in [7, 11) is 1.70. The lowest BCUT2D eigenvalue weighted by molar-refractivity contribution is 0.191. The number of benzene rings is 1. The third-order valence-corrected chi connectivity index (χ3v) is 3.06. The Kier molecular flexibility index (Phi) is 5.48. The molecule has 0 fully saturated rings. The Bertz CT molecular complexity index is 561. The monoisotopic (exact) mass is 287 g/mol. The molecule has 0 aliphatic rings. The molecule has 2 aromatic rings. The molecule has 2 rings (SSSR count). The summed E-state index contributed by atoms with van der Waals surface area (Å²) in [6, 6.07) is 11.8. The molecule has 0 saturated carbocycles. The Hall–Kier alpha value is -2.18. The lowest BCUT2D eigenvalue weighted by Crippen LogP contribution is -2.19. The van der Waals surface area contributed by atoms with Crippen LogP contribution in [0.2, 0.25) is 0 Å². The van der Waals surface area contributed by atoms with Gasteiger partial charge in [-0.2, -0.15) is 0 Å². The van der Waals surface area contributed by atoms with Crippen LogP contribution in [0.4, 0.5) is 11.6 Å². The minimum absolute atomic E-state index is 0.245. The molecule has 1 atom stereocenters. The van der Waals surface area contributed by atoms with Gasteiger partial charge in [-0.1, -0.05) is 30.3 Å². The van der Waals surface area contributed by atoms with E-state index >= 15 is 0 Å². The van der Waals surface area contributed by atoms with Gasteiger partial charge < -0.3 is 15.5 Å². The maximum atomic E-state index is 5.49. The predicted molar refractivity (Wildman–Crippen MR) is 84.9 cm³/mol. The number of anilines is 2. The summed E-state index contributed by atoms with van der Waals surface area (Å²) in [5.74, 6) is 7.43. The van der Waals surface area contributed by atoms with E-state index in [-0.39, 0.29) is 6.04 Å². The number of aromatic nitrogens is 2. The Morgan fingerprint density at radius 1 is 1.19 bits per heavy atom. The van der Waals surface area contributed by atoms with Gasteiger partial charge in [0.15, 0.2) is 5.82 Å². The second-order valence-electron chi connectivity index (χ2n) is 4.80. The molecule has 1 unspecified atom stereocenters. The molecule has 112 valence electrons. The summed E-state index contributed by atoms with van der Waals surface area (Å²) < 4.78 is 5.08. The largest absolute Gasteiger partial charge is 0.385 e. The van der Waals surface area contributed by atoms with Gasteiger partial charge in [0, 0.05) is 31.4 Å². The minimum atomic E-state index is 0.245. The Balaban J connectivity index is 2.22. The molecule has 0 radical (unpaired) electrons. The summed E-state index contributed by atoms with van der Waals surface area (Å²) in [6.45, 7) is 2.78. The SMILES string of the molecule is COCCC(C)Nc1cc(NN)nc(-c2ccccc2)n1. The number of rotatable bonds is 7. The molecular formula is C15H21N5O. The first-order chi connectivity index (χ1) is 10.2. The number of nitrogen functional groups attached to an aromatic ring is 1. The van der Waals surface area contributed by atoms with E-state index in [4.69, 9.17) is 10.6 Å². The molecule has 0 spiro atoms. The molecule has 6 nitrogen and oxygen atoms in total. The molecule has 0 aliphatic carbocycles. The van der Waals surface area contributed by atoms with Gasteiger partial charge in [-0.25, -0.2) is 15.8 Å². The van der Waals surface area contributed by atoms with E-state index in [0.717, 1.165) is 17.8 Å². The smallest absolute Gasteiger partial charge is 0.163 e. The topological polar surface area (TPSA) is 85.1 Å². The molecule has 1 aromatic carbocycles. The van der Waals surface area contributed by atoms with Crippen molar-refractivity contribution in [3.8, 4) is 11.4 Å². The van der Waals surface area contributed by atoms with Crippen LogP contribution >= 0.6 is 0 Å². The minimum Gasteiger partial charge on any atom is -0.385 e. The van der Waals surface area contributed by atoms with Gasteiger partial charge in [-0.15, -0.1) is 0 Å². The van der Waals surface area contributed by atoms with Crippen molar-refractivity contribution in [3.63, 3.8) is 0 Å². The van der Waals surface area contributed by atoms with Gasteiger partial charge in [0.25, 0.3) is 0 Å². The van der Waals surface area contributed by atoms with Crippen molar-refractivity contribution >= 4 is 11.6 Å². The van der Waals surface area contributed by atoms with E-state index in [9.17, 15) is 0 Å². The lowest BCUT2D eigenvalue weighted by Gasteiger charge is -2.15. The summed E-state index contributed by atoms with van der Waals surface area (Å²) in [5, 5.41) is 3.33. The van der Waals surface area contributed by atoms with Crippen molar-refractivity contribution in [2.45, 2.75) is 19.4 Å². The maximum absolute atomic E-state index is 5.49. The molecule has 0 saturated heterocycles. The number of ether oxygens (including phenoxy) is 1. The van der Waals surface area contributed by atoms with Crippen LogP contribution in [0.15, 0.2) is 36.4 Å². The van der Waals surface area contributed by atoms with Crippen LogP contribution in [0.1, 0.15) is 13.3 Å². The average Bonchev–Trinajstić information content (AvgIpc) is 2.53. The van der Waals surface area contributed by atoms with Crippen LogP contribution in [0, 0.1) is 0 Å². The van der Waals surface area contributed by atoms with Gasteiger partial charge in [0.05, 0.1) is 0 Å². The first-order valence-electron chi connectivity index (χ1n) is 6.89. The molecule has 0 amide bonds. The number of hydrazine groups is 1. The first-order valence-corrected chi connectivity index (χ1v) is 6.89. The molecule has 1 aromatic heterocycles. The third kappa shape index (κ3) is 4.40. The van der Waals surface area contributed by atoms with E-state index < -0.39 is 0 Å². The van der Waals surface area contributed by atoms with Gasteiger partial charge in [-0.05, 0) is 13.3 Å². The Morgan fingerprint density at radius 3 is 2.57 bits per heavy atom. The van der Waals surface area contributed by atoms with Crippen molar-refractivity contribution in [1.82, 2.24) is 9.97 Å². The van der Waals surface area contributed by atoms with Crippen LogP contribution in [0.5, 0.6) is 0 Å². The van der Waals surface area contributed by atoms with Crippen LogP contribution in [0.25, 0.3) is 11.4 Å². The number of hydrogen-bond acceptors (Lipinski definition) is 6. The third-order valence-electron chi connectivity index (χ3n) is 3.06. The number of methoxy groups -OCH3 is 1. The highest BCUT2D eigenvalue weighted by molar-refractivity contribution is 5.61. The zero-order valence-electron chi connectivity index (χ0n) is 12.3. The summed E-state index contributed by atoms with van der Waals surface area (Å²) >= 11 is 0. The zero-order chi connectivity index (χ0) is 15.1. The molecular weight excluding hydrogens is 266 g/mol. The molecule has 0 bridgehead atoms. The summed E-state index contributed by atoms with van der Waals surface area (Å²) in [4.78, 5) is 8.92. The fourth-order valence-electron chi connectivity index (χ4n) is 1.93. The highest BCUT2D eigenvalue weighted by Crippen LogP contribution is 2.20. The van der Waals surface area contributed by atoms with Gasteiger partial charge in [0.1, 0.15) is 11.6 Å². The van der Waals surface area contributed by atoms with Crippen molar-refractivity contribution in [3.05, 3.63) is 36.4 Å². The lowest BCUT2D eigenvalue weighted by atomic mass is 10.2. The van der Waals surface area contributed by atoms with Crippen molar-refractivity contribution < 1.29 is 4.74 Å². The van der Waals surface area contributed by atoms with Crippen LogP contribution in [-0.4, -0.2) is 29.7 Å². The van der Waals surface area contributed by atoms with E-state index in [0.29, 0.717) is 18.2 Å². The van der Waals surface area contributed by atoms with Crippen molar-refractivity contribution in [2.75, 3.05) is 24.5 Å². The van der Waals surface area contributed by atoms with E-state index in [1.54, 1.807) is 13.2 Å². The maximum Gasteiger partial charge on any atom is 0.163 e. The molecule has 1 heterocycles. The number of nitrogens with one attached hydrogen (secondary N) is 2. The van der Waals surface area contributed by atoms with Gasteiger partial charge >= 0.3 is 0 Å². The zero-order valence-corrected chi connectivity index (χ0v) is 12.3. The fourth-order valence-corrected chi connectivity index (χ4v) is 1.93. The molecule has 4 N–H and O–H groups in total. The fraction of sp³-hybridized carbons (Fsp3) is 0.333. The van der Waals surface area contributed by atoms with Crippen LogP contribution in [0.3, 0.4) is 0 Å². The Morgan fingerprint density at radius 2 is 1.90 bits per heavy atom. The van der Waals surface area contributed by atoms with Crippen LogP contribution < -0.4 is 16.6 Å². The van der Waals surface area contributed by atoms with Gasteiger partial charge in [-0.3, -0.25) is 0 Å². The highest BCUT2D eigenvalue weighted by Gasteiger charge is 2.08. The van der Waals surface area contributed by atoms with Crippen LogP contribution in [-0.2, 0) is 4.74 Å². The standard InChI is InChI=1S/C15H21N5O/c1-11(8-9-21-2)17-13-10-14(20-16)19-15(18-13)12-6-4-3-5-7-12/h3-7,10-11H,8-9,16H2,1-2H3,(H2,17,18,19,20). The van der Waals surface area contributed by atoms with Crippen molar-refractivity contribution in [1.29, 1.82) is 0 Å². The van der Waals surface area contributed by atoms with E-state index in [2.05, 4.69) is 27.6 Å². The van der Waals surface area contributed by atoms with E-state index in [1.165, 1.54) is 0 Å². The number of hydrogen-bond donors (Lipinski definition) is 3. The Labute approximate surface area is 124 Å². The average molecular weight is 287 g/mol. The molecule has 21 heavy (non-hydrogen) atoms. The number of nitrogens with zero attached hydrogens (tertiary/aromatic N) is 2. The molecule has 6 heteroatoms. The molecule has 0 aliphatic heterocycles. The number of nitrogens with two attached hydrogens (primary N) is 1. The highest BCUT2D eigenvalue weighted by atomic mass is 16.5. The second-order valence-corrected chi connectivity index (χ2v) is 4.80. The van der Waals surface area contributed by atoms with Gasteiger partial charge in [0.2, 0.25) is 0 Å². The summed E-state index contributed by atoms with van der Waals surface area (Å²) in [6.07, 6.45) is 0.895. The summed E-state index contributed by atoms with van der Waals surface area (Å²) in [5.41, 5.74) is 3.52. The first kappa shape index (κ1) is 15.2. The second kappa shape index (κ2) is 7.56.